The molecule has 16 heavy (non-hydrogen) atoms. The minimum atomic E-state index is 0.365. The summed E-state index contributed by atoms with van der Waals surface area (Å²) in [7, 11) is 0. The fourth-order valence-corrected chi connectivity index (χ4v) is 1.98. The van der Waals surface area contributed by atoms with Crippen LogP contribution in [0.15, 0.2) is 34.9 Å². The molecular weight excluding hydrogens is 286 g/mol. The van der Waals surface area contributed by atoms with Crippen LogP contribution in [0, 0.1) is 6.92 Å². The number of halogens is 1. The maximum atomic E-state index is 5.70. The standard InChI is InChI=1S/C11H10BrN3S/c1-7-4-5-15(14-7)10-3-2-8(12)6-9(10)11(13)16/h2-6H,1H3,(H2,13,16). The van der Waals surface area contributed by atoms with Crippen LogP contribution in [0.4, 0.5) is 0 Å². The molecule has 0 atom stereocenters. The molecule has 1 heterocycles. The number of aryl methyl sites for hydroxylation is 1. The molecule has 0 aliphatic carbocycles. The highest BCUT2D eigenvalue weighted by Crippen LogP contribution is 2.19. The van der Waals surface area contributed by atoms with Crippen LogP contribution >= 0.6 is 28.1 Å². The van der Waals surface area contributed by atoms with E-state index < -0.39 is 0 Å². The second kappa shape index (κ2) is 4.35. The molecule has 2 rings (SSSR count). The normalized spacial score (nSPS) is 10.4. The van der Waals surface area contributed by atoms with Crippen molar-refractivity contribution in [3.8, 4) is 5.69 Å². The Labute approximate surface area is 107 Å². The summed E-state index contributed by atoms with van der Waals surface area (Å²) < 4.78 is 2.72. The number of hydrogen-bond acceptors (Lipinski definition) is 2. The lowest BCUT2D eigenvalue weighted by Gasteiger charge is -2.08. The van der Waals surface area contributed by atoms with E-state index in [1.165, 1.54) is 0 Å². The smallest absolute Gasteiger partial charge is 0.106 e. The summed E-state index contributed by atoms with van der Waals surface area (Å²) in [6, 6.07) is 7.71. The Balaban J connectivity index is 2.60. The fourth-order valence-electron chi connectivity index (χ4n) is 1.45. The predicted octanol–water partition coefficient (Wildman–Crippen LogP) is 2.58. The highest BCUT2D eigenvalue weighted by Gasteiger charge is 2.08. The number of hydrogen-bond donors (Lipinski definition) is 1. The highest BCUT2D eigenvalue weighted by molar-refractivity contribution is 9.10. The highest BCUT2D eigenvalue weighted by atomic mass is 79.9. The average molecular weight is 296 g/mol. The van der Waals surface area contributed by atoms with Gasteiger partial charge in [0.15, 0.2) is 0 Å². The topological polar surface area (TPSA) is 43.8 Å². The minimum Gasteiger partial charge on any atom is -0.389 e. The van der Waals surface area contributed by atoms with Crippen molar-refractivity contribution in [1.29, 1.82) is 0 Å². The van der Waals surface area contributed by atoms with Crippen molar-refractivity contribution in [2.45, 2.75) is 6.92 Å². The molecule has 1 aromatic carbocycles. The van der Waals surface area contributed by atoms with E-state index in [1.807, 2.05) is 37.4 Å². The van der Waals surface area contributed by atoms with Gasteiger partial charge >= 0.3 is 0 Å². The third kappa shape index (κ3) is 2.15. The first-order valence-corrected chi connectivity index (χ1v) is 5.90. The molecular formula is C11H10BrN3S. The predicted molar refractivity (Wildman–Crippen MR) is 71.9 cm³/mol. The number of nitrogens with two attached hydrogens (primary N) is 1. The first-order valence-electron chi connectivity index (χ1n) is 4.70. The summed E-state index contributed by atoms with van der Waals surface area (Å²) in [5.74, 6) is 0. The van der Waals surface area contributed by atoms with Gasteiger partial charge in [-0.1, -0.05) is 28.1 Å². The van der Waals surface area contributed by atoms with Crippen molar-refractivity contribution in [2.75, 3.05) is 0 Å². The van der Waals surface area contributed by atoms with Gasteiger partial charge in [-0.25, -0.2) is 4.68 Å². The number of rotatable bonds is 2. The monoisotopic (exact) mass is 295 g/mol. The average Bonchev–Trinajstić information content (AvgIpc) is 2.64. The molecule has 5 heteroatoms. The lowest BCUT2D eigenvalue weighted by atomic mass is 10.2. The summed E-state index contributed by atoms with van der Waals surface area (Å²) in [4.78, 5) is 0.365. The van der Waals surface area contributed by atoms with Gasteiger partial charge in [0.05, 0.1) is 11.4 Å². The van der Waals surface area contributed by atoms with Crippen LogP contribution in [0.25, 0.3) is 5.69 Å². The van der Waals surface area contributed by atoms with Crippen molar-refractivity contribution in [3.63, 3.8) is 0 Å². The number of thiocarbonyl (C=S) groups is 1. The van der Waals surface area contributed by atoms with E-state index in [-0.39, 0.29) is 0 Å². The Kier molecular flexibility index (Phi) is 3.07. The van der Waals surface area contributed by atoms with Gasteiger partial charge in [-0.3, -0.25) is 0 Å². The largest absolute Gasteiger partial charge is 0.389 e. The van der Waals surface area contributed by atoms with Gasteiger partial charge in [-0.2, -0.15) is 5.10 Å². The van der Waals surface area contributed by atoms with Crippen molar-refractivity contribution in [2.24, 2.45) is 5.73 Å². The molecule has 0 saturated carbocycles. The molecule has 0 aliphatic rings. The van der Waals surface area contributed by atoms with E-state index in [9.17, 15) is 0 Å². The van der Waals surface area contributed by atoms with Gasteiger partial charge in [0.25, 0.3) is 0 Å². The van der Waals surface area contributed by atoms with Crippen LogP contribution in [-0.2, 0) is 0 Å². The molecule has 2 N–H and O–H groups in total. The summed E-state index contributed by atoms with van der Waals surface area (Å²) in [6.45, 7) is 1.94. The van der Waals surface area contributed by atoms with E-state index >= 15 is 0 Å². The quantitative estimate of drug-likeness (QED) is 0.866. The Morgan fingerprint density at radius 3 is 2.75 bits per heavy atom. The maximum Gasteiger partial charge on any atom is 0.106 e. The van der Waals surface area contributed by atoms with Crippen LogP contribution in [0.1, 0.15) is 11.3 Å². The van der Waals surface area contributed by atoms with Gasteiger partial charge in [-0.15, -0.1) is 0 Å². The third-order valence-corrected chi connectivity index (χ3v) is 2.91. The van der Waals surface area contributed by atoms with Gasteiger partial charge in [-0.05, 0) is 31.2 Å². The zero-order valence-corrected chi connectivity index (χ0v) is 11.0. The Bertz CT molecular complexity index is 548. The fraction of sp³-hybridized carbons (Fsp3) is 0.0909. The second-order valence-corrected chi connectivity index (χ2v) is 4.78. The zero-order chi connectivity index (χ0) is 11.7. The van der Waals surface area contributed by atoms with Crippen molar-refractivity contribution in [1.82, 2.24) is 9.78 Å². The molecule has 0 saturated heterocycles. The van der Waals surface area contributed by atoms with Crippen molar-refractivity contribution >= 4 is 33.1 Å². The minimum absolute atomic E-state index is 0.365. The van der Waals surface area contributed by atoms with Gasteiger partial charge in [0.2, 0.25) is 0 Å². The van der Waals surface area contributed by atoms with Crippen LogP contribution in [-0.4, -0.2) is 14.8 Å². The van der Waals surface area contributed by atoms with Gasteiger partial charge < -0.3 is 5.73 Å². The summed E-state index contributed by atoms with van der Waals surface area (Å²) >= 11 is 8.43. The van der Waals surface area contributed by atoms with E-state index in [0.29, 0.717) is 4.99 Å². The molecule has 0 bridgehead atoms. The second-order valence-electron chi connectivity index (χ2n) is 3.43. The number of benzene rings is 1. The van der Waals surface area contributed by atoms with E-state index in [2.05, 4.69) is 21.0 Å². The van der Waals surface area contributed by atoms with Crippen molar-refractivity contribution < 1.29 is 0 Å². The first-order chi connectivity index (χ1) is 7.58. The molecule has 0 amide bonds. The summed E-state index contributed by atoms with van der Waals surface area (Å²) in [6.07, 6.45) is 1.89. The van der Waals surface area contributed by atoms with Gasteiger partial charge in [0.1, 0.15) is 4.99 Å². The number of nitrogens with zero attached hydrogens (tertiary/aromatic N) is 2. The molecule has 0 unspecified atom stereocenters. The molecule has 2 aromatic rings. The third-order valence-electron chi connectivity index (χ3n) is 2.19. The maximum absolute atomic E-state index is 5.70. The van der Waals surface area contributed by atoms with Gasteiger partial charge in [0, 0.05) is 16.2 Å². The summed E-state index contributed by atoms with van der Waals surface area (Å²) in [5, 5.41) is 4.34. The molecule has 82 valence electrons. The Hall–Kier alpha value is -1.20. The van der Waals surface area contributed by atoms with Crippen LogP contribution in [0.5, 0.6) is 0 Å². The first kappa shape index (κ1) is 11.3. The zero-order valence-electron chi connectivity index (χ0n) is 8.64. The van der Waals surface area contributed by atoms with E-state index in [1.54, 1.807) is 4.68 Å². The van der Waals surface area contributed by atoms with Crippen molar-refractivity contribution in [3.05, 3.63) is 46.2 Å². The van der Waals surface area contributed by atoms with Crippen LogP contribution < -0.4 is 5.73 Å². The summed E-state index contributed by atoms with van der Waals surface area (Å²) in [5.41, 5.74) is 8.36. The lowest BCUT2D eigenvalue weighted by molar-refractivity contribution is 0.861. The number of aromatic nitrogens is 2. The van der Waals surface area contributed by atoms with E-state index in [4.69, 9.17) is 18.0 Å². The lowest BCUT2D eigenvalue weighted by Crippen LogP contribution is -2.13. The van der Waals surface area contributed by atoms with Crippen LogP contribution in [0.2, 0.25) is 0 Å². The molecule has 1 aromatic heterocycles. The Morgan fingerprint density at radius 1 is 1.44 bits per heavy atom. The molecule has 0 spiro atoms. The SMILES string of the molecule is Cc1ccn(-c2ccc(Br)cc2C(N)=S)n1. The molecule has 0 aliphatic heterocycles. The van der Waals surface area contributed by atoms with Crippen LogP contribution in [0.3, 0.4) is 0 Å². The Morgan fingerprint density at radius 2 is 2.19 bits per heavy atom. The molecule has 0 radical (unpaired) electrons. The molecule has 0 fully saturated rings. The molecule has 3 nitrogen and oxygen atoms in total. The van der Waals surface area contributed by atoms with E-state index in [0.717, 1.165) is 21.4 Å².